The number of rotatable bonds is 18. The van der Waals surface area contributed by atoms with Crippen molar-refractivity contribution in [2.24, 2.45) is 5.10 Å². The number of aliphatic carboxylic acids is 1. The highest BCUT2D eigenvalue weighted by Gasteiger charge is 2.21. The van der Waals surface area contributed by atoms with E-state index in [1.165, 1.54) is 83.5 Å². The molecule has 0 amide bonds. The molecule has 4 nitrogen and oxygen atoms in total. The minimum absolute atomic E-state index is 0.148. The molecule has 0 radical (unpaired) electrons. The Kier molecular flexibility index (Phi) is 15.7. The molecule has 27 heavy (non-hydrogen) atoms. The number of carboxylic acid groups (broad SMARTS) is 1. The van der Waals surface area contributed by atoms with Crippen LogP contribution in [0.5, 0.6) is 0 Å². The standard InChI is InChI=1S/C20H38N2O2S3/c23-18(24)16-14-12-10-8-6-4-2-1-3-5-7-9-11-13-15-17-22-20(26)27-19(25)21-22/h20,26H,1-17H2,(H,21,25)(H,23,24). The minimum atomic E-state index is -0.662. The first kappa shape index (κ1) is 25.0. The SMILES string of the molecule is O=C(O)CCCCCCCCCCCCCCCCCN1N=C(S)SC1S. The second-order valence-electron chi connectivity index (χ2n) is 7.44. The molecule has 0 saturated heterocycles. The third kappa shape index (κ3) is 14.6. The maximum absolute atomic E-state index is 10.4. The Labute approximate surface area is 181 Å². The van der Waals surface area contributed by atoms with Gasteiger partial charge in [0.1, 0.15) is 9.08 Å². The number of nitrogens with zero attached hydrogens (tertiary/aromatic N) is 2. The summed E-state index contributed by atoms with van der Waals surface area (Å²) in [7, 11) is 0. The summed E-state index contributed by atoms with van der Waals surface area (Å²) in [5.41, 5.74) is 0. The summed E-state index contributed by atoms with van der Waals surface area (Å²) >= 11 is 10.4. The lowest BCUT2D eigenvalue weighted by Gasteiger charge is -2.17. The van der Waals surface area contributed by atoms with Crippen LogP contribution in [0.15, 0.2) is 5.10 Å². The Morgan fingerprint density at radius 3 is 1.63 bits per heavy atom. The predicted octanol–water partition coefficient (Wildman–Crippen LogP) is 6.78. The Hall–Kier alpha value is -0.0100. The van der Waals surface area contributed by atoms with Crippen LogP contribution in [-0.2, 0) is 4.79 Å². The van der Waals surface area contributed by atoms with Gasteiger partial charge in [-0.25, -0.2) is 0 Å². The number of unbranched alkanes of at least 4 members (excludes halogenated alkanes) is 14. The second-order valence-corrected chi connectivity index (χ2v) is 10.1. The molecule has 0 saturated carbocycles. The molecule has 7 heteroatoms. The molecule has 0 aromatic heterocycles. The Morgan fingerprint density at radius 2 is 1.26 bits per heavy atom. The van der Waals surface area contributed by atoms with E-state index in [1.807, 2.05) is 5.01 Å². The van der Waals surface area contributed by atoms with Crippen molar-refractivity contribution in [3.05, 3.63) is 0 Å². The number of thioether (sulfide) groups is 1. The molecule has 1 heterocycles. The fourth-order valence-corrected chi connectivity index (χ4v) is 5.09. The maximum atomic E-state index is 10.4. The zero-order chi connectivity index (χ0) is 19.7. The highest BCUT2D eigenvalue weighted by molar-refractivity contribution is 8.35. The van der Waals surface area contributed by atoms with Gasteiger partial charge in [-0.1, -0.05) is 95.2 Å². The minimum Gasteiger partial charge on any atom is -0.481 e. The first-order chi connectivity index (χ1) is 13.1. The van der Waals surface area contributed by atoms with E-state index in [0.717, 1.165) is 23.8 Å². The highest BCUT2D eigenvalue weighted by atomic mass is 32.2. The number of hydrogen-bond donors (Lipinski definition) is 3. The molecule has 158 valence electrons. The van der Waals surface area contributed by atoms with E-state index in [9.17, 15) is 4.79 Å². The van der Waals surface area contributed by atoms with Gasteiger partial charge in [-0.15, -0.1) is 25.3 Å². The Bertz CT molecular complexity index is 422. The summed E-state index contributed by atoms with van der Waals surface area (Å²) in [5, 5.41) is 15.0. The normalized spacial score (nSPS) is 16.7. The summed E-state index contributed by atoms with van der Waals surface area (Å²) in [5.74, 6) is -0.662. The van der Waals surface area contributed by atoms with Crippen LogP contribution in [0.1, 0.15) is 103 Å². The lowest BCUT2D eigenvalue weighted by Crippen LogP contribution is -2.20. The van der Waals surface area contributed by atoms with E-state index >= 15 is 0 Å². The molecule has 0 spiro atoms. The van der Waals surface area contributed by atoms with E-state index < -0.39 is 5.97 Å². The smallest absolute Gasteiger partial charge is 0.303 e. The number of thiol groups is 2. The van der Waals surface area contributed by atoms with Crippen molar-refractivity contribution in [1.82, 2.24) is 5.01 Å². The van der Waals surface area contributed by atoms with Gasteiger partial charge < -0.3 is 5.11 Å². The zero-order valence-corrected chi connectivity index (χ0v) is 19.3. The van der Waals surface area contributed by atoms with Gasteiger partial charge in [0.2, 0.25) is 0 Å². The molecule has 0 aliphatic carbocycles. The molecule has 1 atom stereocenters. The molecule has 1 unspecified atom stereocenters. The predicted molar refractivity (Wildman–Crippen MR) is 125 cm³/mol. The summed E-state index contributed by atoms with van der Waals surface area (Å²) in [4.78, 5) is 10.4. The number of hydrogen-bond acceptors (Lipinski definition) is 5. The average Bonchev–Trinajstić information content (AvgIpc) is 2.94. The van der Waals surface area contributed by atoms with E-state index in [0.29, 0.717) is 6.42 Å². The monoisotopic (exact) mass is 434 g/mol. The van der Waals surface area contributed by atoms with E-state index in [4.69, 9.17) is 5.11 Å². The maximum Gasteiger partial charge on any atom is 0.303 e. The first-order valence-corrected chi connectivity index (χ1v) is 12.5. The topological polar surface area (TPSA) is 52.9 Å². The van der Waals surface area contributed by atoms with Crippen LogP contribution in [0.4, 0.5) is 0 Å². The lowest BCUT2D eigenvalue weighted by molar-refractivity contribution is -0.137. The van der Waals surface area contributed by atoms with E-state index in [-0.39, 0.29) is 4.71 Å². The number of carboxylic acids is 1. The molecule has 0 fully saturated rings. The third-order valence-corrected chi connectivity index (χ3v) is 6.69. The van der Waals surface area contributed by atoms with Gasteiger partial charge in [-0.2, -0.15) is 5.10 Å². The van der Waals surface area contributed by atoms with Gasteiger partial charge in [-0.3, -0.25) is 9.80 Å². The van der Waals surface area contributed by atoms with Crippen molar-refractivity contribution in [2.45, 2.75) is 107 Å². The van der Waals surface area contributed by atoms with Crippen LogP contribution in [0, 0.1) is 0 Å². The second kappa shape index (κ2) is 16.9. The van der Waals surface area contributed by atoms with Gasteiger partial charge >= 0.3 is 5.97 Å². The van der Waals surface area contributed by atoms with Crippen LogP contribution in [-0.4, -0.2) is 31.7 Å². The highest BCUT2D eigenvalue weighted by Crippen LogP contribution is 2.30. The Morgan fingerprint density at radius 1 is 0.852 bits per heavy atom. The number of hydrazone groups is 1. The fourth-order valence-electron chi connectivity index (χ4n) is 3.35. The van der Waals surface area contributed by atoms with Gasteiger partial charge in [-0.05, 0) is 12.8 Å². The summed E-state index contributed by atoms with van der Waals surface area (Å²) in [6, 6.07) is 0. The van der Waals surface area contributed by atoms with E-state index in [1.54, 1.807) is 11.8 Å². The van der Waals surface area contributed by atoms with Crippen LogP contribution >= 0.6 is 37.0 Å². The largest absolute Gasteiger partial charge is 0.481 e. The van der Waals surface area contributed by atoms with Crippen LogP contribution in [0.25, 0.3) is 0 Å². The van der Waals surface area contributed by atoms with Crippen molar-refractivity contribution in [3.8, 4) is 0 Å². The molecular formula is C20H38N2O2S3. The lowest BCUT2D eigenvalue weighted by atomic mass is 10.0. The zero-order valence-electron chi connectivity index (χ0n) is 16.7. The van der Waals surface area contributed by atoms with Crippen molar-refractivity contribution < 1.29 is 9.90 Å². The molecule has 1 aliphatic heterocycles. The molecule has 1 rings (SSSR count). The third-order valence-electron chi connectivity index (χ3n) is 4.96. The molecule has 1 aliphatic rings. The van der Waals surface area contributed by atoms with Gasteiger partial charge in [0.05, 0.1) is 0 Å². The first-order valence-electron chi connectivity index (χ1n) is 10.7. The average molecular weight is 435 g/mol. The molecule has 0 aromatic rings. The molecule has 0 aromatic carbocycles. The van der Waals surface area contributed by atoms with Crippen LogP contribution in [0.2, 0.25) is 0 Å². The van der Waals surface area contributed by atoms with Crippen molar-refractivity contribution in [2.75, 3.05) is 6.54 Å². The van der Waals surface area contributed by atoms with Gasteiger partial charge in [0, 0.05) is 13.0 Å². The number of carbonyl (C=O) groups is 1. The van der Waals surface area contributed by atoms with Crippen LogP contribution < -0.4 is 0 Å². The molecular weight excluding hydrogens is 396 g/mol. The molecule has 1 N–H and O–H groups in total. The fraction of sp³-hybridized carbons (Fsp3) is 0.900. The van der Waals surface area contributed by atoms with E-state index in [2.05, 4.69) is 30.4 Å². The summed E-state index contributed by atoms with van der Waals surface area (Å²) < 4.78 is 0.972. The van der Waals surface area contributed by atoms with Gasteiger partial charge in [0.25, 0.3) is 0 Å². The summed E-state index contributed by atoms with van der Waals surface area (Å²) in [6.07, 6.45) is 19.4. The van der Waals surface area contributed by atoms with Crippen molar-refractivity contribution in [3.63, 3.8) is 0 Å². The summed E-state index contributed by atoms with van der Waals surface area (Å²) in [6.45, 7) is 0.991. The van der Waals surface area contributed by atoms with Crippen molar-refractivity contribution in [1.29, 1.82) is 0 Å². The van der Waals surface area contributed by atoms with Crippen LogP contribution in [0.3, 0.4) is 0 Å². The molecule has 0 bridgehead atoms. The van der Waals surface area contributed by atoms with Gasteiger partial charge in [0.15, 0.2) is 0 Å². The quantitative estimate of drug-likeness (QED) is 0.164. The Balaban J connectivity index is 1.72. The van der Waals surface area contributed by atoms with Crippen molar-refractivity contribution >= 4 is 47.4 Å².